The van der Waals surface area contributed by atoms with Gasteiger partial charge in [-0.3, -0.25) is 52.9 Å². The highest BCUT2D eigenvalue weighted by molar-refractivity contribution is 7.80. The number of nitrogens with two attached hydrogens (primary N) is 4. The molecule has 27 nitrogen and oxygen atoms in total. The second-order valence-electron chi connectivity index (χ2n) is 23.0. The number of carbonyl (C=O) groups excluding carboxylic acids is 10. The maximum Gasteiger partial charge on any atom is 0.326 e. The van der Waals surface area contributed by atoms with Crippen LogP contribution in [0.1, 0.15) is 110 Å². The van der Waals surface area contributed by atoms with Crippen molar-refractivity contribution in [2.24, 2.45) is 45.7 Å². The molecule has 0 radical (unpaired) electrons. The van der Waals surface area contributed by atoms with Gasteiger partial charge in [-0.05, 0) is 92.4 Å². The van der Waals surface area contributed by atoms with Crippen molar-refractivity contribution in [2.75, 3.05) is 25.4 Å². The smallest absolute Gasteiger partial charge is 0.326 e. The number of phenols is 1. The fourth-order valence-electron chi connectivity index (χ4n) is 10.2. The zero-order valence-electron chi connectivity index (χ0n) is 49.8. The van der Waals surface area contributed by atoms with E-state index in [1.54, 1.807) is 58.0 Å². The molecule has 0 aliphatic carbocycles. The number of phenolic OH excluding ortho intramolecular Hbond substituents is 1. The summed E-state index contributed by atoms with van der Waals surface area (Å²) >= 11 is 4.09. The molecule has 2 saturated heterocycles. The highest BCUT2D eigenvalue weighted by Crippen LogP contribution is 2.24. The number of benzene rings is 2. The normalized spacial score (nSPS) is 17.6. The molecule has 10 amide bonds. The lowest BCUT2D eigenvalue weighted by Gasteiger charge is -2.31. The van der Waals surface area contributed by atoms with Crippen molar-refractivity contribution in [3.05, 3.63) is 65.7 Å². The van der Waals surface area contributed by atoms with Crippen LogP contribution >= 0.6 is 12.6 Å². The molecule has 0 saturated carbocycles. The summed E-state index contributed by atoms with van der Waals surface area (Å²) in [5.41, 5.74) is 23.8. The molecule has 0 unspecified atom stereocenters. The second kappa shape index (κ2) is 34.2. The predicted octanol–water partition coefficient (Wildman–Crippen LogP) is -1.43. The summed E-state index contributed by atoms with van der Waals surface area (Å²) in [7, 11) is 0. The van der Waals surface area contributed by atoms with Crippen molar-refractivity contribution in [2.45, 2.75) is 173 Å². The van der Waals surface area contributed by atoms with Gasteiger partial charge >= 0.3 is 5.97 Å². The van der Waals surface area contributed by atoms with Crippen molar-refractivity contribution >= 4 is 83.6 Å². The first-order valence-electron chi connectivity index (χ1n) is 29.1. The molecular formula is C58H88N14O13S. The summed E-state index contributed by atoms with van der Waals surface area (Å²) < 4.78 is 0. The summed E-state index contributed by atoms with van der Waals surface area (Å²) in [6, 6.07) is 1.52. The van der Waals surface area contributed by atoms with Gasteiger partial charge < -0.3 is 80.2 Å². The average molecular weight is 1220 g/mol. The molecule has 28 heteroatoms. The Morgan fingerprint density at radius 1 is 0.593 bits per heavy atom. The molecule has 86 heavy (non-hydrogen) atoms. The fraction of sp³-hybridized carbons (Fsp3) is 0.586. The highest BCUT2D eigenvalue weighted by atomic mass is 32.1. The lowest BCUT2D eigenvalue weighted by atomic mass is 10.0. The zero-order chi connectivity index (χ0) is 63.9. The summed E-state index contributed by atoms with van der Waals surface area (Å²) in [5, 5.41) is 38.3. The Morgan fingerprint density at radius 3 is 1.56 bits per heavy atom. The van der Waals surface area contributed by atoms with E-state index in [2.05, 4.69) is 54.8 Å². The number of aromatic hydroxyl groups is 1. The zero-order valence-corrected chi connectivity index (χ0v) is 50.7. The first kappa shape index (κ1) is 70.5. The molecule has 0 spiro atoms. The first-order valence-corrected chi connectivity index (χ1v) is 29.7. The number of thiol groups is 1. The van der Waals surface area contributed by atoms with E-state index in [0.717, 1.165) is 0 Å². The molecule has 0 bridgehead atoms. The predicted molar refractivity (Wildman–Crippen MR) is 322 cm³/mol. The number of aliphatic carboxylic acids is 1. The van der Waals surface area contributed by atoms with Crippen molar-refractivity contribution in [1.82, 2.24) is 47.0 Å². The molecule has 2 heterocycles. The third-order valence-corrected chi connectivity index (χ3v) is 15.0. The van der Waals surface area contributed by atoms with Crippen LogP contribution in [0.3, 0.4) is 0 Å². The summed E-state index contributed by atoms with van der Waals surface area (Å²) in [4.78, 5) is 159. The third kappa shape index (κ3) is 22.1. The molecular weight excluding hydrogens is 1130 g/mol. The van der Waals surface area contributed by atoms with E-state index >= 15 is 0 Å². The number of rotatable bonds is 33. The van der Waals surface area contributed by atoms with Gasteiger partial charge in [0.05, 0.1) is 12.5 Å². The van der Waals surface area contributed by atoms with E-state index in [1.807, 2.05) is 13.8 Å². The van der Waals surface area contributed by atoms with E-state index in [1.165, 1.54) is 34.1 Å². The van der Waals surface area contributed by atoms with Crippen LogP contribution in [0.25, 0.3) is 0 Å². The fourth-order valence-corrected chi connectivity index (χ4v) is 10.4. The number of nitrogens with zero attached hydrogens (tertiary/aromatic N) is 3. The van der Waals surface area contributed by atoms with Crippen molar-refractivity contribution < 1.29 is 63.0 Å². The molecule has 2 aliphatic rings. The lowest BCUT2D eigenvalue weighted by molar-refractivity contribution is -0.144. The van der Waals surface area contributed by atoms with Gasteiger partial charge in [0.25, 0.3) is 0 Å². The third-order valence-electron chi connectivity index (χ3n) is 14.6. The Bertz CT molecular complexity index is 2710. The molecule has 2 aliphatic heterocycles. The summed E-state index contributed by atoms with van der Waals surface area (Å²) in [5.74, 6) is -10.2. The maximum atomic E-state index is 14.8. The van der Waals surface area contributed by atoms with Crippen LogP contribution in [0, 0.1) is 17.8 Å². The van der Waals surface area contributed by atoms with E-state index in [4.69, 9.17) is 22.9 Å². The topological polar surface area (TPSA) is 435 Å². The second-order valence-corrected chi connectivity index (χ2v) is 23.4. The van der Waals surface area contributed by atoms with Crippen LogP contribution < -0.4 is 60.2 Å². The number of primary amides is 1. The van der Waals surface area contributed by atoms with Crippen LogP contribution in [-0.2, 0) is 65.6 Å². The number of aliphatic imine (C=N–C) groups is 1. The minimum Gasteiger partial charge on any atom is -0.508 e. The van der Waals surface area contributed by atoms with Gasteiger partial charge in [-0.1, -0.05) is 84.0 Å². The van der Waals surface area contributed by atoms with E-state index in [0.29, 0.717) is 24.0 Å². The van der Waals surface area contributed by atoms with E-state index in [-0.39, 0.29) is 100 Å². The number of guanidine groups is 1. The van der Waals surface area contributed by atoms with Crippen LogP contribution in [0.2, 0.25) is 0 Å². The Balaban J connectivity index is 1.61. The van der Waals surface area contributed by atoms with E-state index in [9.17, 15) is 63.0 Å². The standard InChI is InChI=1S/C58H88N14O13S/c1-31(2)25-39(67-53(80)45-17-12-24-72(45)56(83)43(26-32(3)4)69-48(75)37(59)30-86)49(76)66-42(29-46(60)74)51(78)65-40(27-34-13-8-7-9-14-34)50(77)64-38(15-10-22-63-58(61)62)55(82)71-23-11-16-44(71)54(81)68-41(28-35-18-20-36(73)21-19-35)52(79)70-47(33(5)6)57(84)85/h7-9,13-14,18-21,31-33,37-45,47,73,86H,10-12,15-17,22-30,59H2,1-6H3,(H2,60,74)(H,64,77)(H,65,78)(H,66,76)(H,67,80)(H,68,81)(H,69,75)(H,70,79)(H,84,85)(H4,61,62,63)/t37-,38-,39-,40-,41-,42-,43-,44-,45-,47-/m0/s1. The van der Waals surface area contributed by atoms with Gasteiger partial charge in [0.1, 0.15) is 60.1 Å². The van der Waals surface area contributed by atoms with Crippen molar-refractivity contribution in [3.63, 3.8) is 0 Å². The van der Waals surface area contributed by atoms with Crippen molar-refractivity contribution in [3.8, 4) is 5.75 Å². The van der Waals surface area contributed by atoms with Crippen LogP contribution in [-0.4, -0.2) is 177 Å². The molecule has 0 aromatic heterocycles. The quantitative estimate of drug-likeness (QED) is 0.0169. The van der Waals surface area contributed by atoms with Gasteiger partial charge in [-0.2, -0.15) is 12.6 Å². The lowest BCUT2D eigenvalue weighted by Crippen LogP contribution is -2.61. The first-order chi connectivity index (χ1) is 40.6. The Kier molecular flexibility index (Phi) is 28.0. The molecule has 474 valence electrons. The number of carboxylic acids is 1. The van der Waals surface area contributed by atoms with Crippen LogP contribution in [0.5, 0.6) is 5.75 Å². The van der Waals surface area contributed by atoms with E-state index < -0.39 is 138 Å². The maximum absolute atomic E-state index is 14.8. The Labute approximate surface area is 506 Å². The summed E-state index contributed by atoms with van der Waals surface area (Å²) in [6.07, 6.45) is 0.390. The number of hydrogen-bond donors (Lipinski definition) is 14. The molecule has 2 fully saturated rings. The number of carboxylic acid groups (broad SMARTS) is 1. The monoisotopic (exact) mass is 1220 g/mol. The number of likely N-dealkylation sites (tertiary alicyclic amines) is 2. The minimum atomic E-state index is -1.72. The van der Waals surface area contributed by atoms with Gasteiger partial charge in [0.15, 0.2) is 5.96 Å². The van der Waals surface area contributed by atoms with Gasteiger partial charge in [-0.25, -0.2) is 4.79 Å². The molecule has 17 N–H and O–H groups in total. The van der Waals surface area contributed by atoms with Gasteiger partial charge in [0, 0.05) is 38.2 Å². The molecule has 4 rings (SSSR count). The largest absolute Gasteiger partial charge is 0.508 e. The molecule has 2 aromatic rings. The number of nitrogens with one attached hydrogen (secondary N) is 7. The number of amides is 10. The van der Waals surface area contributed by atoms with Gasteiger partial charge in [-0.15, -0.1) is 0 Å². The Hall–Kier alpha value is -8.01. The molecule has 2 aromatic carbocycles. The van der Waals surface area contributed by atoms with Crippen LogP contribution in [0.15, 0.2) is 59.6 Å². The summed E-state index contributed by atoms with van der Waals surface area (Å²) in [6.45, 7) is 10.8. The minimum absolute atomic E-state index is 0.0204. The van der Waals surface area contributed by atoms with Gasteiger partial charge in [0.2, 0.25) is 59.1 Å². The number of carbonyl (C=O) groups is 11. The van der Waals surface area contributed by atoms with Crippen molar-refractivity contribution in [1.29, 1.82) is 0 Å². The molecule has 10 atom stereocenters. The van der Waals surface area contributed by atoms with Crippen LogP contribution in [0.4, 0.5) is 0 Å². The SMILES string of the molecule is CC(C)C[C@H](NC(=O)[C@@H]1CCCN1C(=O)[C@H](CC(C)C)NC(=O)[C@@H](N)CS)C(=O)N[C@@H](CC(N)=O)C(=O)N[C@@H](Cc1ccccc1)C(=O)N[C@@H](CCCN=C(N)N)C(=O)N1CCC[C@H]1C(=O)N[C@@H](Cc1ccc(O)cc1)C(=O)N[C@H](C(=O)O)C(C)C. The highest BCUT2D eigenvalue weighted by Gasteiger charge is 2.42. The number of hydrogen-bond acceptors (Lipinski definition) is 15. The average Bonchev–Trinajstić information content (AvgIpc) is 4.38. The Morgan fingerprint density at radius 2 is 1.05 bits per heavy atom.